The number of benzene rings is 2. The third kappa shape index (κ3) is 5.36. The van der Waals surface area contributed by atoms with Gasteiger partial charge in [-0.05, 0) is 35.7 Å². The summed E-state index contributed by atoms with van der Waals surface area (Å²) in [6.07, 6.45) is 3.15. The van der Waals surface area contributed by atoms with Crippen LogP contribution in [0, 0.1) is 6.92 Å². The number of nitrogens with zero attached hydrogens (tertiary/aromatic N) is 4. The molecule has 0 atom stereocenters. The monoisotopic (exact) mass is 441 g/mol. The van der Waals surface area contributed by atoms with Crippen LogP contribution in [-0.2, 0) is 23.1 Å². The molecule has 2 aromatic carbocycles. The van der Waals surface area contributed by atoms with Crippen LogP contribution >= 0.6 is 0 Å². The molecule has 1 N–H and O–H groups in total. The van der Waals surface area contributed by atoms with Gasteiger partial charge in [-0.25, -0.2) is 18.1 Å². The molecule has 9 heteroatoms. The minimum absolute atomic E-state index is 0.168. The van der Waals surface area contributed by atoms with E-state index in [2.05, 4.69) is 15.4 Å². The maximum Gasteiger partial charge on any atom is 0.251 e. The van der Waals surface area contributed by atoms with Crippen molar-refractivity contribution in [3.05, 3.63) is 77.4 Å². The van der Waals surface area contributed by atoms with Crippen molar-refractivity contribution in [1.82, 2.24) is 24.4 Å². The number of carbonyl (C=O) groups is 1. The number of aromatic nitrogens is 3. The van der Waals surface area contributed by atoms with Crippen molar-refractivity contribution in [3.63, 3.8) is 0 Å². The number of hydrogen-bond acceptors (Lipinski definition) is 5. The van der Waals surface area contributed by atoms with Crippen LogP contribution in [0.25, 0.3) is 0 Å². The molecular weight excluding hydrogens is 414 g/mol. The van der Waals surface area contributed by atoms with Gasteiger partial charge in [0, 0.05) is 25.2 Å². The number of rotatable bonds is 9. The average molecular weight is 442 g/mol. The van der Waals surface area contributed by atoms with Crippen LogP contribution in [0.4, 0.5) is 0 Å². The topological polar surface area (TPSA) is 97.2 Å². The van der Waals surface area contributed by atoms with Gasteiger partial charge < -0.3 is 5.32 Å². The lowest BCUT2D eigenvalue weighted by Gasteiger charge is -2.20. The normalized spacial score (nSPS) is 11.6. The van der Waals surface area contributed by atoms with E-state index in [9.17, 15) is 13.2 Å². The number of aryl methyl sites for hydroxylation is 1. The largest absolute Gasteiger partial charge is 0.348 e. The Morgan fingerprint density at radius 2 is 1.74 bits per heavy atom. The van der Waals surface area contributed by atoms with Crippen molar-refractivity contribution in [2.45, 2.75) is 38.8 Å². The molecule has 164 valence electrons. The Morgan fingerprint density at radius 3 is 2.35 bits per heavy atom. The lowest BCUT2D eigenvalue weighted by atomic mass is 10.1. The molecular formula is C22H27N5O3S. The van der Waals surface area contributed by atoms with E-state index < -0.39 is 10.0 Å². The lowest BCUT2D eigenvalue weighted by Crippen LogP contribution is -2.31. The molecule has 0 unspecified atom stereocenters. The molecule has 0 fully saturated rings. The molecule has 0 aliphatic carbocycles. The van der Waals surface area contributed by atoms with E-state index in [1.54, 1.807) is 43.9 Å². The maximum absolute atomic E-state index is 12.9. The van der Waals surface area contributed by atoms with Crippen LogP contribution < -0.4 is 5.32 Å². The van der Waals surface area contributed by atoms with Gasteiger partial charge >= 0.3 is 0 Å². The van der Waals surface area contributed by atoms with Gasteiger partial charge in [0.2, 0.25) is 10.0 Å². The number of nitrogens with one attached hydrogen (secondary N) is 1. The van der Waals surface area contributed by atoms with E-state index in [-0.39, 0.29) is 10.8 Å². The Kier molecular flexibility index (Phi) is 7.19. The fraction of sp³-hybridized carbons (Fsp3) is 0.318. The van der Waals surface area contributed by atoms with Crippen molar-refractivity contribution in [2.24, 2.45) is 0 Å². The van der Waals surface area contributed by atoms with Gasteiger partial charge in [0.05, 0.1) is 11.4 Å². The third-order valence-corrected chi connectivity index (χ3v) is 7.25. The fourth-order valence-corrected chi connectivity index (χ4v) is 4.98. The first kappa shape index (κ1) is 22.6. The summed E-state index contributed by atoms with van der Waals surface area (Å²) in [5.41, 5.74) is 2.95. The summed E-state index contributed by atoms with van der Waals surface area (Å²) in [7, 11) is -3.64. The molecule has 3 rings (SSSR count). The molecule has 1 amide bonds. The van der Waals surface area contributed by atoms with E-state index in [4.69, 9.17) is 0 Å². The lowest BCUT2D eigenvalue weighted by molar-refractivity contribution is 0.0950. The molecule has 31 heavy (non-hydrogen) atoms. The molecule has 0 aliphatic heterocycles. The first-order chi connectivity index (χ1) is 14.8. The zero-order valence-electron chi connectivity index (χ0n) is 17.9. The molecule has 0 radical (unpaired) electrons. The molecule has 0 spiro atoms. The summed E-state index contributed by atoms with van der Waals surface area (Å²) < 4.78 is 28.9. The summed E-state index contributed by atoms with van der Waals surface area (Å²) in [6.45, 7) is 7.05. The van der Waals surface area contributed by atoms with Gasteiger partial charge in [-0.3, -0.25) is 4.79 Å². The molecule has 0 saturated carbocycles. The Hall–Kier alpha value is -3.04. The number of sulfonamides is 1. The number of carbonyl (C=O) groups excluding carboxylic acids is 1. The van der Waals surface area contributed by atoms with Gasteiger partial charge in [0.25, 0.3) is 5.91 Å². The van der Waals surface area contributed by atoms with Crippen LogP contribution in [-0.4, -0.2) is 46.5 Å². The van der Waals surface area contributed by atoms with Gasteiger partial charge in [-0.15, -0.1) is 0 Å². The zero-order valence-corrected chi connectivity index (χ0v) is 18.8. The SMILES string of the molecule is CCN(CC)S(=O)(=O)c1cc(C(=O)NCc2ccc(Cn3cncn3)cc2)ccc1C. The summed E-state index contributed by atoms with van der Waals surface area (Å²) >= 11 is 0. The molecule has 1 aromatic heterocycles. The standard InChI is InChI=1S/C22H27N5O3S/c1-4-27(5-2)31(29,30)21-12-20(11-6-17(21)3)22(28)24-13-18-7-9-19(10-8-18)14-26-16-23-15-25-26/h6-12,15-16H,4-5,13-14H2,1-3H3,(H,24,28). The summed E-state index contributed by atoms with van der Waals surface area (Å²) in [4.78, 5) is 16.7. The second-order valence-corrected chi connectivity index (χ2v) is 9.07. The molecule has 3 aromatic rings. The van der Waals surface area contributed by atoms with Gasteiger partial charge in [0.1, 0.15) is 12.7 Å². The first-order valence-electron chi connectivity index (χ1n) is 10.1. The summed E-state index contributed by atoms with van der Waals surface area (Å²) in [6, 6.07) is 12.6. The Bertz CT molecular complexity index is 1120. The zero-order chi connectivity index (χ0) is 22.4. The van der Waals surface area contributed by atoms with E-state index in [1.807, 2.05) is 24.3 Å². The fourth-order valence-electron chi connectivity index (χ4n) is 3.27. The molecule has 8 nitrogen and oxygen atoms in total. The predicted molar refractivity (Wildman–Crippen MR) is 118 cm³/mol. The van der Waals surface area contributed by atoms with E-state index in [1.165, 1.54) is 16.7 Å². The minimum Gasteiger partial charge on any atom is -0.348 e. The van der Waals surface area contributed by atoms with E-state index >= 15 is 0 Å². The third-order valence-electron chi connectivity index (χ3n) is 5.06. The number of hydrogen-bond donors (Lipinski definition) is 1. The molecule has 1 heterocycles. The first-order valence-corrected chi connectivity index (χ1v) is 11.6. The summed E-state index contributed by atoms with van der Waals surface area (Å²) in [5.74, 6) is -0.317. The van der Waals surface area contributed by atoms with E-state index in [0.29, 0.717) is 37.3 Å². The Morgan fingerprint density at radius 1 is 1.06 bits per heavy atom. The average Bonchev–Trinajstić information content (AvgIpc) is 3.27. The smallest absolute Gasteiger partial charge is 0.251 e. The van der Waals surface area contributed by atoms with Crippen molar-refractivity contribution < 1.29 is 13.2 Å². The van der Waals surface area contributed by atoms with Crippen molar-refractivity contribution in [2.75, 3.05) is 13.1 Å². The van der Waals surface area contributed by atoms with Crippen molar-refractivity contribution >= 4 is 15.9 Å². The Labute approximate surface area is 183 Å². The van der Waals surface area contributed by atoms with Crippen LogP contribution in [0.5, 0.6) is 0 Å². The highest BCUT2D eigenvalue weighted by atomic mass is 32.2. The second kappa shape index (κ2) is 9.84. The number of amides is 1. The van der Waals surface area contributed by atoms with E-state index in [0.717, 1.165) is 11.1 Å². The van der Waals surface area contributed by atoms with Crippen LogP contribution in [0.15, 0.2) is 60.0 Å². The molecule has 0 aliphatic rings. The van der Waals surface area contributed by atoms with Crippen molar-refractivity contribution in [1.29, 1.82) is 0 Å². The summed E-state index contributed by atoms with van der Waals surface area (Å²) in [5, 5.41) is 6.94. The van der Waals surface area contributed by atoms with Gasteiger partial charge in [-0.1, -0.05) is 44.2 Å². The van der Waals surface area contributed by atoms with Crippen LogP contribution in [0.2, 0.25) is 0 Å². The highest BCUT2D eigenvalue weighted by molar-refractivity contribution is 7.89. The van der Waals surface area contributed by atoms with Gasteiger partial charge in [-0.2, -0.15) is 9.40 Å². The van der Waals surface area contributed by atoms with Crippen molar-refractivity contribution in [3.8, 4) is 0 Å². The highest BCUT2D eigenvalue weighted by Gasteiger charge is 2.24. The minimum atomic E-state index is -3.64. The van der Waals surface area contributed by atoms with Crippen LogP contribution in [0.1, 0.15) is 40.9 Å². The Balaban J connectivity index is 1.68. The van der Waals surface area contributed by atoms with Gasteiger partial charge in [0.15, 0.2) is 0 Å². The molecule has 0 saturated heterocycles. The quantitative estimate of drug-likeness (QED) is 0.551. The molecule has 0 bridgehead atoms. The maximum atomic E-state index is 12.9. The highest BCUT2D eigenvalue weighted by Crippen LogP contribution is 2.21. The van der Waals surface area contributed by atoms with Crippen LogP contribution in [0.3, 0.4) is 0 Å². The second-order valence-electron chi connectivity index (χ2n) is 7.16. The predicted octanol–water partition coefficient (Wildman–Crippen LogP) is 2.60.